The summed E-state index contributed by atoms with van der Waals surface area (Å²) in [6.45, 7) is 1.21. The average Bonchev–Trinajstić information content (AvgIpc) is 3.11. The van der Waals surface area contributed by atoms with Gasteiger partial charge in [0.25, 0.3) is 0 Å². The maximum Gasteiger partial charge on any atom is 0.316 e. The van der Waals surface area contributed by atoms with Gasteiger partial charge in [-0.1, -0.05) is 18.2 Å². The fraction of sp³-hybridized carbons (Fsp3) is 0.316. The second-order valence-corrected chi connectivity index (χ2v) is 7.41. The number of fused-ring (bicyclic) bond motifs is 1. The number of hydrogen-bond acceptors (Lipinski definition) is 5. The molecule has 1 atom stereocenters. The highest BCUT2D eigenvalue weighted by Crippen LogP contribution is 2.28. The predicted octanol–water partition coefficient (Wildman–Crippen LogP) is 3.26. The Balaban J connectivity index is 1.33. The number of H-pyrrole nitrogens is 1. The maximum absolute atomic E-state index is 12.9. The fourth-order valence-electron chi connectivity index (χ4n) is 3.17. The van der Waals surface area contributed by atoms with Gasteiger partial charge in [-0.05, 0) is 18.9 Å². The van der Waals surface area contributed by atoms with E-state index in [9.17, 15) is 9.18 Å². The minimum Gasteiger partial charge on any atom is -0.458 e. The Morgan fingerprint density at radius 2 is 2.15 bits per heavy atom. The largest absolute Gasteiger partial charge is 0.458 e. The summed E-state index contributed by atoms with van der Waals surface area (Å²) in [6.07, 6.45) is 5.59. The van der Waals surface area contributed by atoms with E-state index in [0.29, 0.717) is 12.3 Å². The van der Waals surface area contributed by atoms with E-state index in [2.05, 4.69) is 15.0 Å². The summed E-state index contributed by atoms with van der Waals surface area (Å²) in [4.78, 5) is 26.4. The molecule has 0 spiro atoms. The summed E-state index contributed by atoms with van der Waals surface area (Å²) in [7, 11) is 0. The van der Waals surface area contributed by atoms with E-state index in [4.69, 9.17) is 4.74 Å². The van der Waals surface area contributed by atoms with E-state index >= 15 is 0 Å². The Kier molecular flexibility index (Phi) is 5.24. The first-order valence-electron chi connectivity index (χ1n) is 8.80. The molecule has 0 saturated carbocycles. The summed E-state index contributed by atoms with van der Waals surface area (Å²) >= 11 is 1.54. The molecular formula is C19H19FN4O2S. The monoisotopic (exact) mass is 386 g/mol. The third kappa shape index (κ3) is 4.21. The zero-order chi connectivity index (χ0) is 18.6. The van der Waals surface area contributed by atoms with Gasteiger partial charge in [0.1, 0.15) is 6.10 Å². The van der Waals surface area contributed by atoms with Crippen LogP contribution in [0.5, 0.6) is 6.01 Å². The van der Waals surface area contributed by atoms with Gasteiger partial charge in [-0.2, -0.15) is 0 Å². The van der Waals surface area contributed by atoms with E-state index in [-0.39, 0.29) is 18.0 Å². The highest BCUT2D eigenvalue weighted by molar-refractivity contribution is 8.00. The molecule has 8 heteroatoms. The van der Waals surface area contributed by atoms with Gasteiger partial charge < -0.3 is 14.6 Å². The number of ether oxygens (including phenoxy) is 1. The standard InChI is InChI=1S/C19H19FN4O2S/c20-13-8-22-19(23-9-13)26-14-4-3-7-24(11-14)18(25)12-27-17-10-21-16-6-2-1-5-15(16)17/h1-2,5-6,8-10,14,21H,3-4,7,11-12H2. The van der Waals surface area contributed by atoms with Crippen LogP contribution in [0.3, 0.4) is 0 Å². The third-order valence-corrected chi connectivity index (χ3v) is 5.54. The normalized spacial score (nSPS) is 17.2. The van der Waals surface area contributed by atoms with E-state index in [1.54, 1.807) is 0 Å². The lowest BCUT2D eigenvalue weighted by atomic mass is 10.1. The number of benzene rings is 1. The van der Waals surface area contributed by atoms with Crippen molar-refractivity contribution < 1.29 is 13.9 Å². The van der Waals surface area contributed by atoms with Gasteiger partial charge in [0, 0.05) is 28.5 Å². The molecule has 1 saturated heterocycles. The zero-order valence-electron chi connectivity index (χ0n) is 14.6. The Morgan fingerprint density at radius 1 is 1.33 bits per heavy atom. The molecule has 1 aromatic carbocycles. The van der Waals surface area contributed by atoms with E-state index in [0.717, 1.165) is 47.6 Å². The molecule has 0 aliphatic carbocycles. The number of carbonyl (C=O) groups excluding carboxylic acids is 1. The summed E-state index contributed by atoms with van der Waals surface area (Å²) in [5.74, 6) is -0.0440. The Morgan fingerprint density at radius 3 is 3.00 bits per heavy atom. The van der Waals surface area contributed by atoms with Crippen LogP contribution in [-0.2, 0) is 4.79 Å². The number of likely N-dealkylation sites (tertiary alicyclic amines) is 1. The van der Waals surface area contributed by atoms with Gasteiger partial charge in [-0.15, -0.1) is 11.8 Å². The number of nitrogens with zero attached hydrogens (tertiary/aromatic N) is 3. The quantitative estimate of drug-likeness (QED) is 0.682. The number of carbonyl (C=O) groups is 1. The van der Waals surface area contributed by atoms with E-state index in [1.165, 1.54) is 11.8 Å². The van der Waals surface area contributed by atoms with Gasteiger partial charge in [0.05, 0.1) is 24.7 Å². The molecule has 140 valence electrons. The van der Waals surface area contributed by atoms with Crippen LogP contribution in [0.1, 0.15) is 12.8 Å². The van der Waals surface area contributed by atoms with Gasteiger partial charge in [0.15, 0.2) is 5.82 Å². The van der Waals surface area contributed by atoms with Crippen molar-refractivity contribution in [1.29, 1.82) is 0 Å². The maximum atomic E-state index is 12.9. The van der Waals surface area contributed by atoms with Crippen molar-refractivity contribution in [2.75, 3.05) is 18.8 Å². The van der Waals surface area contributed by atoms with Crippen LogP contribution in [-0.4, -0.2) is 50.7 Å². The SMILES string of the molecule is O=C(CSc1c[nH]c2ccccc12)N1CCCC(Oc2ncc(F)cn2)C1. The van der Waals surface area contributed by atoms with Crippen LogP contribution in [0.4, 0.5) is 4.39 Å². The Labute approximate surface area is 160 Å². The first kappa shape index (κ1) is 17.8. The minimum atomic E-state index is -0.503. The van der Waals surface area contributed by atoms with Crippen molar-refractivity contribution in [1.82, 2.24) is 19.9 Å². The van der Waals surface area contributed by atoms with Gasteiger partial charge in [-0.25, -0.2) is 14.4 Å². The summed E-state index contributed by atoms with van der Waals surface area (Å²) < 4.78 is 18.6. The van der Waals surface area contributed by atoms with E-state index < -0.39 is 5.82 Å². The first-order valence-corrected chi connectivity index (χ1v) is 9.78. The van der Waals surface area contributed by atoms with Crippen LogP contribution in [0.15, 0.2) is 47.8 Å². The number of aromatic nitrogens is 3. The summed E-state index contributed by atoms with van der Waals surface area (Å²) in [5.41, 5.74) is 1.07. The number of hydrogen-bond donors (Lipinski definition) is 1. The molecule has 1 aliphatic rings. The minimum absolute atomic E-state index is 0.0820. The van der Waals surface area contributed by atoms with Crippen LogP contribution in [0.2, 0.25) is 0 Å². The van der Waals surface area contributed by atoms with Crippen molar-refractivity contribution in [3.05, 3.63) is 48.7 Å². The summed E-state index contributed by atoms with van der Waals surface area (Å²) in [6, 6.07) is 8.18. The lowest BCUT2D eigenvalue weighted by Gasteiger charge is -2.32. The molecule has 27 heavy (non-hydrogen) atoms. The van der Waals surface area contributed by atoms with E-state index in [1.807, 2.05) is 35.4 Å². The molecule has 3 heterocycles. The summed E-state index contributed by atoms with van der Waals surface area (Å²) in [5, 5.41) is 1.13. The van der Waals surface area contributed by atoms with Crippen molar-refractivity contribution in [2.24, 2.45) is 0 Å². The number of piperidine rings is 1. The number of nitrogens with one attached hydrogen (secondary N) is 1. The highest BCUT2D eigenvalue weighted by atomic mass is 32.2. The number of aromatic amines is 1. The molecule has 1 aliphatic heterocycles. The van der Waals surface area contributed by atoms with Crippen LogP contribution in [0.25, 0.3) is 10.9 Å². The van der Waals surface area contributed by atoms with Gasteiger partial charge >= 0.3 is 6.01 Å². The molecule has 3 aromatic rings. The highest BCUT2D eigenvalue weighted by Gasteiger charge is 2.25. The molecule has 1 N–H and O–H groups in total. The average molecular weight is 386 g/mol. The third-order valence-electron chi connectivity index (χ3n) is 4.50. The lowest BCUT2D eigenvalue weighted by Crippen LogP contribution is -2.45. The second-order valence-electron chi connectivity index (χ2n) is 6.39. The van der Waals surface area contributed by atoms with Crippen LogP contribution in [0, 0.1) is 5.82 Å². The molecule has 4 rings (SSSR count). The Bertz CT molecular complexity index is 931. The number of amides is 1. The Hall–Kier alpha value is -2.61. The van der Waals surface area contributed by atoms with Crippen molar-refractivity contribution >= 4 is 28.6 Å². The van der Waals surface area contributed by atoms with Crippen molar-refractivity contribution in [3.8, 4) is 6.01 Å². The fourth-order valence-corrected chi connectivity index (χ4v) is 4.10. The molecule has 1 fully saturated rings. The number of rotatable bonds is 5. The first-order chi connectivity index (χ1) is 13.2. The zero-order valence-corrected chi connectivity index (χ0v) is 15.4. The number of halogens is 1. The van der Waals surface area contributed by atoms with Gasteiger partial charge in [0.2, 0.25) is 5.91 Å². The molecule has 0 radical (unpaired) electrons. The molecule has 1 amide bonds. The molecular weight excluding hydrogens is 367 g/mol. The second kappa shape index (κ2) is 7.96. The predicted molar refractivity (Wildman–Crippen MR) is 101 cm³/mol. The number of para-hydroxylation sites is 1. The molecule has 6 nitrogen and oxygen atoms in total. The van der Waals surface area contributed by atoms with Crippen molar-refractivity contribution in [3.63, 3.8) is 0 Å². The van der Waals surface area contributed by atoms with Gasteiger partial charge in [-0.3, -0.25) is 4.79 Å². The lowest BCUT2D eigenvalue weighted by molar-refractivity contribution is -0.131. The van der Waals surface area contributed by atoms with Crippen LogP contribution >= 0.6 is 11.8 Å². The van der Waals surface area contributed by atoms with Crippen molar-refractivity contribution in [2.45, 2.75) is 23.8 Å². The topological polar surface area (TPSA) is 71.1 Å². The molecule has 1 unspecified atom stereocenters. The molecule has 0 bridgehead atoms. The molecule has 2 aromatic heterocycles. The number of thioether (sulfide) groups is 1. The van der Waals surface area contributed by atoms with Crippen LogP contribution < -0.4 is 4.74 Å². The smallest absolute Gasteiger partial charge is 0.316 e.